The molecule has 176 valence electrons. The summed E-state index contributed by atoms with van der Waals surface area (Å²) >= 11 is 0. The number of fused-ring (bicyclic) bond motifs is 2. The molecule has 0 atom stereocenters. The van der Waals surface area contributed by atoms with Crippen molar-refractivity contribution in [3.8, 4) is 0 Å². The number of aromatic nitrogens is 1. The molecule has 7 heteroatoms. The molecule has 3 aromatic carbocycles. The lowest BCUT2D eigenvalue weighted by Gasteiger charge is -2.30. The number of nitrogens with zero attached hydrogens (tertiary/aromatic N) is 4. The van der Waals surface area contributed by atoms with Crippen molar-refractivity contribution in [3.05, 3.63) is 83.6 Å². The minimum absolute atomic E-state index is 0.0373. The number of hydrogen-bond donors (Lipinski definition) is 0. The summed E-state index contributed by atoms with van der Waals surface area (Å²) in [5.74, 6) is 0.0373. The fourth-order valence-corrected chi connectivity index (χ4v) is 6.41. The molecule has 0 saturated carbocycles. The van der Waals surface area contributed by atoms with Crippen molar-refractivity contribution in [2.45, 2.75) is 13.3 Å². The predicted molar refractivity (Wildman–Crippen MR) is 140 cm³/mol. The number of aryl methyl sites for hydroxylation is 1. The van der Waals surface area contributed by atoms with Crippen molar-refractivity contribution in [1.29, 1.82) is 0 Å². The van der Waals surface area contributed by atoms with Crippen LogP contribution in [0.2, 0.25) is 0 Å². The van der Waals surface area contributed by atoms with E-state index in [0.29, 0.717) is 17.6 Å². The maximum atomic E-state index is 13.6. The van der Waals surface area contributed by atoms with E-state index in [2.05, 4.69) is 35.2 Å². The Balaban J connectivity index is 1.47. The highest BCUT2D eigenvalue weighted by Crippen LogP contribution is 2.27. The molecule has 5 rings (SSSR count). The predicted octanol–water partition coefficient (Wildman–Crippen LogP) is 4.10. The third-order valence-corrected chi connectivity index (χ3v) is 8.47. The van der Waals surface area contributed by atoms with Gasteiger partial charge in [0.05, 0.1) is 17.5 Å². The second kappa shape index (κ2) is 9.24. The van der Waals surface area contributed by atoms with Gasteiger partial charge in [-0.2, -0.15) is 5.10 Å². The largest absolute Gasteiger partial charge is 0.303 e. The lowest BCUT2D eigenvalue weighted by Crippen LogP contribution is -2.41. The molecule has 1 aromatic heterocycles. The van der Waals surface area contributed by atoms with Crippen molar-refractivity contribution in [3.63, 3.8) is 0 Å². The molecule has 0 radical (unpaired) electrons. The van der Waals surface area contributed by atoms with Gasteiger partial charge in [-0.1, -0.05) is 60.7 Å². The monoisotopic (exact) mass is 474 g/mol. The first-order chi connectivity index (χ1) is 16.4. The molecule has 0 N–H and O–H groups in total. The fourth-order valence-electron chi connectivity index (χ4n) is 4.78. The summed E-state index contributed by atoms with van der Waals surface area (Å²) < 4.78 is 28.8. The van der Waals surface area contributed by atoms with Crippen LogP contribution in [0.1, 0.15) is 16.8 Å². The van der Waals surface area contributed by atoms with Crippen molar-refractivity contribution in [2.75, 3.05) is 39.0 Å². The van der Waals surface area contributed by atoms with E-state index in [1.165, 1.54) is 3.97 Å². The van der Waals surface area contributed by atoms with Gasteiger partial charge in [0.15, 0.2) is 0 Å². The van der Waals surface area contributed by atoms with Crippen molar-refractivity contribution < 1.29 is 8.42 Å². The van der Waals surface area contributed by atoms with Gasteiger partial charge in [0.2, 0.25) is 10.0 Å². The summed E-state index contributed by atoms with van der Waals surface area (Å²) in [6, 6.07) is 21.9. The first kappa shape index (κ1) is 22.6. The Morgan fingerprint density at radius 3 is 2.35 bits per heavy atom. The van der Waals surface area contributed by atoms with Crippen LogP contribution in [-0.4, -0.2) is 67.5 Å². The van der Waals surface area contributed by atoms with Gasteiger partial charge >= 0.3 is 0 Å². The van der Waals surface area contributed by atoms with E-state index >= 15 is 0 Å². The Morgan fingerprint density at radius 1 is 0.882 bits per heavy atom. The number of hydrazone groups is 1. The number of piperazine rings is 1. The molecule has 1 saturated heterocycles. The van der Waals surface area contributed by atoms with E-state index in [0.717, 1.165) is 53.5 Å². The summed E-state index contributed by atoms with van der Waals surface area (Å²) in [5, 5.41) is 9.89. The maximum absolute atomic E-state index is 13.6. The molecule has 1 aliphatic heterocycles. The fraction of sp³-hybridized carbons (Fsp3) is 0.296. The SMILES string of the molecule is Cc1c(/C=N/N2CCN(C)CC2)c2ccccc2n1S(=O)(=O)CCc1cccc2ccccc12. The van der Waals surface area contributed by atoms with Crippen LogP contribution in [0.4, 0.5) is 0 Å². The Hall–Kier alpha value is -3.16. The molecular formula is C27H30N4O2S. The molecule has 6 nitrogen and oxygen atoms in total. The molecule has 0 spiro atoms. The van der Waals surface area contributed by atoms with Gasteiger partial charge in [-0.3, -0.25) is 5.01 Å². The van der Waals surface area contributed by atoms with E-state index in [-0.39, 0.29) is 5.75 Å². The van der Waals surface area contributed by atoms with Gasteiger partial charge in [-0.25, -0.2) is 12.4 Å². The van der Waals surface area contributed by atoms with Crippen molar-refractivity contribution >= 4 is 37.9 Å². The Bertz CT molecular complexity index is 1460. The number of para-hydroxylation sites is 1. The molecule has 1 aliphatic rings. The molecule has 0 unspecified atom stereocenters. The van der Waals surface area contributed by atoms with E-state index in [1.54, 1.807) is 0 Å². The molecule has 0 amide bonds. The zero-order valence-corrected chi connectivity index (χ0v) is 20.5. The number of hydrogen-bond acceptors (Lipinski definition) is 5. The lowest BCUT2D eigenvalue weighted by molar-refractivity contribution is 0.159. The maximum Gasteiger partial charge on any atom is 0.239 e. The quantitative estimate of drug-likeness (QED) is 0.395. The van der Waals surface area contributed by atoms with Gasteiger partial charge in [0.25, 0.3) is 0 Å². The molecule has 34 heavy (non-hydrogen) atoms. The Kier molecular flexibility index (Phi) is 6.15. The lowest BCUT2D eigenvalue weighted by atomic mass is 10.0. The minimum Gasteiger partial charge on any atom is -0.303 e. The normalized spacial score (nSPS) is 15.6. The van der Waals surface area contributed by atoms with E-state index in [9.17, 15) is 8.42 Å². The topological polar surface area (TPSA) is 57.9 Å². The van der Waals surface area contributed by atoms with Gasteiger partial charge < -0.3 is 4.90 Å². The van der Waals surface area contributed by atoms with Gasteiger partial charge in [-0.05, 0) is 42.8 Å². The molecular weight excluding hydrogens is 444 g/mol. The van der Waals surface area contributed by atoms with Crippen LogP contribution in [0.15, 0.2) is 71.8 Å². The first-order valence-corrected chi connectivity index (χ1v) is 13.3. The molecule has 2 heterocycles. The number of likely N-dealkylation sites (N-methyl/N-ethyl adjacent to an activating group) is 1. The molecule has 0 aliphatic carbocycles. The third-order valence-electron chi connectivity index (χ3n) is 6.72. The van der Waals surface area contributed by atoms with E-state index < -0.39 is 10.0 Å². The van der Waals surface area contributed by atoms with Crippen LogP contribution in [0.5, 0.6) is 0 Å². The van der Waals surface area contributed by atoms with Gasteiger partial charge in [-0.15, -0.1) is 0 Å². The van der Waals surface area contributed by atoms with Crippen LogP contribution < -0.4 is 0 Å². The summed E-state index contributed by atoms with van der Waals surface area (Å²) in [7, 11) is -1.47. The smallest absolute Gasteiger partial charge is 0.239 e. The molecule has 1 fully saturated rings. The summed E-state index contributed by atoms with van der Waals surface area (Å²) in [6.07, 6.45) is 2.29. The van der Waals surface area contributed by atoms with E-state index in [4.69, 9.17) is 5.10 Å². The number of benzene rings is 3. The second-order valence-electron chi connectivity index (χ2n) is 8.99. The Labute approximate surface area is 201 Å². The highest BCUT2D eigenvalue weighted by Gasteiger charge is 2.23. The van der Waals surface area contributed by atoms with Crippen LogP contribution >= 0.6 is 0 Å². The molecule has 0 bridgehead atoms. The van der Waals surface area contributed by atoms with Crippen LogP contribution in [0, 0.1) is 6.92 Å². The van der Waals surface area contributed by atoms with E-state index in [1.807, 2.05) is 61.7 Å². The van der Waals surface area contributed by atoms with Crippen LogP contribution in [-0.2, 0) is 16.4 Å². The van der Waals surface area contributed by atoms with Crippen molar-refractivity contribution in [2.24, 2.45) is 5.10 Å². The average molecular weight is 475 g/mol. The summed E-state index contributed by atoms with van der Waals surface area (Å²) in [5.41, 5.74) is 3.32. The summed E-state index contributed by atoms with van der Waals surface area (Å²) in [4.78, 5) is 2.28. The minimum atomic E-state index is -3.58. The number of rotatable bonds is 6. The zero-order valence-electron chi connectivity index (χ0n) is 19.7. The summed E-state index contributed by atoms with van der Waals surface area (Å²) in [6.45, 7) is 5.56. The Morgan fingerprint density at radius 2 is 1.56 bits per heavy atom. The van der Waals surface area contributed by atoms with Crippen LogP contribution in [0.3, 0.4) is 0 Å². The average Bonchev–Trinajstić information content (AvgIpc) is 3.14. The zero-order chi connectivity index (χ0) is 23.7. The van der Waals surface area contributed by atoms with Gasteiger partial charge in [0.1, 0.15) is 0 Å². The highest BCUT2D eigenvalue weighted by atomic mass is 32.2. The highest BCUT2D eigenvalue weighted by molar-refractivity contribution is 7.90. The molecule has 4 aromatic rings. The standard InChI is InChI=1S/C27H30N4O2S/c1-21-26(20-28-30-17-15-29(2)16-18-30)25-12-5-6-13-27(25)31(21)34(32,33)19-14-23-10-7-9-22-8-3-4-11-24(22)23/h3-13,20H,14-19H2,1-2H3/b28-20+. The van der Waals surface area contributed by atoms with Crippen LogP contribution in [0.25, 0.3) is 21.7 Å². The van der Waals surface area contributed by atoms with Gasteiger partial charge in [0, 0.05) is 42.8 Å². The third kappa shape index (κ3) is 4.33. The second-order valence-corrected chi connectivity index (χ2v) is 10.9. The van der Waals surface area contributed by atoms with Crippen molar-refractivity contribution in [1.82, 2.24) is 13.9 Å². The first-order valence-electron chi connectivity index (χ1n) is 11.7.